The first-order valence-electron chi connectivity index (χ1n) is 6.20. The highest BCUT2D eigenvalue weighted by molar-refractivity contribution is 5.58. The molecule has 0 spiro atoms. The smallest absolute Gasteiger partial charge is 0.224 e. The number of hydrogen-bond donors (Lipinski definition) is 1. The van der Waals surface area contributed by atoms with Crippen molar-refractivity contribution in [2.75, 3.05) is 19.0 Å². The Bertz CT molecular complexity index is 532. The number of ether oxygens (including phenoxy) is 1. The summed E-state index contributed by atoms with van der Waals surface area (Å²) in [4.78, 5) is 0. The van der Waals surface area contributed by atoms with Gasteiger partial charge in [-0.05, 0) is 37.1 Å². The van der Waals surface area contributed by atoms with Crippen molar-refractivity contribution in [2.24, 2.45) is 0 Å². The van der Waals surface area contributed by atoms with Gasteiger partial charge in [0, 0.05) is 18.7 Å². The number of benzene rings is 1. The third kappa shape index (κ3) is 1.92. The number of nitrogens with one attached hydrogen (secondary N) is 1. The highest BCUT2D eigenvalue weighted by Crippen LogP contribution is 2.24. The summed E-state index contributed by atoms with van der Waals surface area (Å²) in [6, 6.07) is 7.92. The number of rotatable bonds is 2. The Morgan fingerprint density at radius 1 is 1.17 bits per heavy atom. The SMILES string of the molecule is COc1ccc(-c2nnc3n2CCCCN3)cc1. The molecular weight excluding hydrogens is 228 g/mol. The fraction of sp³-hybridized carbons (Fsp3) is 0.385. The van der Waals surface area contributed by atoms with Crippen LogP contribution < -0.4 is 10.1 Å². The average Bonchev–Trinajstić information content (AvgIpc) is 2.68. The second-order valence-corrected chi connectivity index (χ2v) is 4.36. The summed E-state index contributed by atoms with van der Waals surface area (Å²) in [7, 11) is 1.67. The minimum Gasteiger partial charge on any atom is -0.497 e. The standard InChI is InChI=1S/C13H16N4O/c1-18-11-6-4-10(5-7-11)12-15-16-13-14-8-2-3-9-17(12)13/h4-7H,2-3,8-9H2,1H3,(H,14,16). The predicted molar refractivity (Wildman–Crippen MR) is 69.7 cm³/mol. The van der Waals surface area contributed by atoms with Crippen LogP contribution in [0.2, 0.25) is 0 Å². The molecule has 0 fully saturated rings. The lowest BCUT2D eigenvalue weighted by atomic mass is 10.2. The van der Waals surface area contributed by atoms with Gasteiger partial charge in [0.05, 0.1) is 7.11 Å². The average molecular weight is 244 g/mol. The third-order valence-electron chi connectivity index (χ3n) is 3.19. The van der Waals surface area contributed by atoms with Crippen LogP contribution in [0.15, 0.2) is 24.3 Å². The van der Waals surface area contributed by atoms with E-state index in [0.29, 0.717) is 0 Å². The minimum absolute atomic E-state index is 0.854. The molecule has 0 saturated heterocycles. The third-order valence-corrected chi connectivity index (χ3v) is 3.19. The van der Waals surface area contributed by atoms with Crippen molar-refractivity contribution in [1.82, 2.24) is 14.8 Å². The van der Waals surface area contributed by atoms with Crippen LogP contribution in [0.1, 0.15) is 12.8 Å². The highest BCUT2D eigenvalue weighted by atomic mass is 16.5. The lowest BCUT2D eigenvalue weighted by Gasteiger charge is -2.07. The number of hydrogen-bond acceptors (Lipinski definition) is 4. The minimum atomic E-state index is 0.854. The van der Waals surface area contributed by atoms with Gasteiger partial charge in [0.25, 0.3) is 0 Å². The molecule has 5 heteroatoms. The number of aromatic nitrogens is 3. The van der Waals surface area contributed by atoms with Gasteiger partial charge in [0.15, 0.2) is 5.82 Å². The van der Waals surface area contributed by atoms with E-state index < -0.39 is 0 Å². The van der Waals surface area contributed by atoms with Gasteiger partial charge in [0.2, 0.25) is 5.95 Å². The van der Waals surface area contributed by atoms with Crippen LogP contribution in [-0.4, -0.2) is 28.4 Å². The molecule has 2 heterocycles. The van der Waals surface area contributed by atoms with Gasteiger partial charge in [-0.1, -0.05) is 0 Å². The van der Waals surface area contributed by atoms with Crippen molar-refractivity contribution in [3.05, 3.63) is 24.3 Å². The molecule has 5 nitrogen and oxygen atoms in total. The molecule has 2 aromatic rings. The maximum absolute atomic E-state index is 5.16. The van der Waals surface area contributed by atoms with Gasteiger partial charge < -0.3 is 10.1 Å². The van der Waals surface area contributed by atoms with Gasteiger partial charge in [-0.3, -0.25) is 4.57 Å². The fourth-order valence-corrected chi connectivity index (χ4v) is 2.19. The Morgan fingerprint density at radius 2 is 2.00 bits per heavy atom. The monoisotopic (exact) mass is 244 g/mol. The Hall–Kier alpha value is -2.04. The van der Waals surface area contributed by atoms with E-state index in [9.17, 15) is 0 Å². The lowest BCUT2D eigenvalue weighted by molar-refractivity contribution is 0.415. The molecule has 94 valence electrons. The van der Waals surface area contributed by atoms with Crippen molar-refractivity contribution >= 4 is 5.95 Å². The number of nitrogens with zero attached hydrogens (tertiary/aromatic N) is 3. The maximum Gasteiger partial charge on any atom is 0.224 e. The Balaban J connectivity index is 1.98. The molecule has 0 radical (unpaired) electrons. The van der Waals surface area contributed by atoms with E-state index >= 15 is 0 Å². The summed E-state index contributed by atoms with van der Waals surface area (Å²) < 4.78 is 7.31. The Labute approximate surface area is 106 Å². The summed E-state index contributed by atoms with van der Waals surface area (Å²) in [5.41, 5.74) is 1.07. The van der Waals surface area contributed by atoms with E-state index in [1.54, 1.807) is 7.11 Å². The van der Waals surface area contributed by atoms with Gasteiger partial charge >= 0.3 is 0 Å². The van der Waals surface area contributed by atoms with Crippen LogP contribution >= 0.6 is 0 Å². The quantitative estimate of drug-likeness (QED) is 0.879. The highest BCUT2D eigenvalue weighted by Gasteiger charge is 2.15. The van der Waals surface area contributed by atoms with Crippen LogP contribution in [0.5, 0.6) is 5.75 Å². The zero-order valence-corrected chi connectivity index (χ0v) is 10.4. The molecule has 0 aliphatic carbocycles. The van der Waals surface area contributed by atoms with Crippen LogP contribution in [0, 0.1) is 0 Å². The molecule has 0 amide bonds. The molecule has 1 aromatic carbocycles. The molecule has 0 unspecified atom stereocenters. The molecular formula is C13H16N4O. The van der Waals surface area contributed by atoms with Crippen LogP contribution in [0.25, 0.3) is 11.4 Å². The summed E-state index contributed by atoms with van der Waals surface area (Å²) >= 11 is 0. The van der Waals surface area contributed by atoms with E-state index in [4.69, 9.17) is 4.74 Å². The molecule has 18 heavy (non-hydrogen) atoms. The van der Waals surface area contributed by atoms with E-state index in [2.05, 4.69) is 20.1 Å². The van der Waals surface area contributed by atoms with Crippen molar-refractivity contribution in [1.29, 1.82) is 0 Å². The van der Waals surface area contributed by atoms with Crippen molar-refractivity contribution in [2.45, 2.75) is 19.4 Å². The summed E-state index contributed by atoms with van der Waals surface area (Å²) in [5.74, 6) is 2.65. The summed E-state index contributed by atoms with van der Waals surface area (Å²) in [5, 5.41) is 11.8. The van der Waals surface area contributed by atoms with E-state index in [1.807, 2.05) is 24.3 Å². The van der Waals surface area contributed by atoms with Crippen LogP contribution in [-0.2, 0) is 6.54 Å². The molecule has 1 aliphatic heterocycles. The van der Waals surface area contributed by atoms with E-state index in [1.165, 1.54) is 6.42 Å². The molecule has 0 saturated carbocycles. The second-order valence-electron chi connectivity index (χ2n) is 4.36. The van der Waals surface area contributed by atoms with Crippen LogP contribution in [0.4, 0.5) is 5.95 Å². The normalized spacial score (nSPS) is 14.5. The largest absolute Gasteiger partial charge is 0.497 e. The first kappa shape index (κ1) is 11.1. The Kier molecular flexibility index (Phi) is 2.88. The Morgan fingerprint density at radius 3 is 2.78 bits per heavy atom. The molecule has 3 rings (SSSR count). The fourth-order valence-electron chi connectivity index (χ4n) is 2.19. The number of methoxy groups -OCH3 is 1. The topological polar surface area (TPSA) is 52.0 Å². The first-order chi connectivity index (χ1) is 8.88. The predicted octanol–water partition coefficient (Wildman–Crippen LogP) is 2.16. The van der Waals surface area contributed by atoms with Crippen LogP contribution in [0.3, 0.4) is 0 Å². The number of anilines is 1. The van der Waals surface area contributed by atoms with Crippen molar-refractivity contribution in [3.8, 4) is 17.1 Å². The molecule has 1 N–H and O–H groups in total. The van der Waals surface area contributed by atoms with Crippen molar-refractivity contribution in [3.63, 3.8) is 0 Å². The van der Waals surface area contributed by atoms with Gasteiger partial charge in [-0.15, -0.1) is 10.2 Å². The zero-order chi connectivity index (χ0) is 12.4. The van der Waals surface area contributed by atoms with E-state index in [-0.39, 0.29) is 0 Å². The lowest BCUT2D eigenvalue weighted by Crippen LogP contribution is -2.04. The van der Waals surface area contributed by atoms with Gasteiger partial charge in [-0.25, -0.2) is 0 Å². The summed E-state index contributed by atoms with van der Waals surface area (Å²) in [6.45, 7) is 1.94. The molecule has 0 atom stereocenters. The second kappa shape index (κ2) is 4.68. The first-order valence-corrected chi connectivity index (χ1v) is 6.20. The van der Waals surface area contributed by atoms with E-state index in [0.717, 1.165) is 42.6 Å². The number of fused-ring (bicyclic) bond motifs is 1. The van der Waals surface area contributed by atoms with Gasteiger partial charge in [0.1, 0.15) is 5.75 Å². The maximum atomic E-state index is 5.16. The van der Waals surface area contributed by atoms with Crippen molar-refractivity contribution < 1.29 is 4.74 Å². The van der Waals surface area contributed by atoms with Gasteiger partial charge in [-0.2, -0.15) is 0 Å². The summed E-state index contributed by atoms with van der Waals surface area (Å²) in [6.07, 6.45) is 2.33. The zero-order valence-electron chi connectivity index (χ0n) is 10.4. The molecule has 0 bridgehead atoms. The molecule has 1 aliphatic rings. The molecule has 1 aromatic heterocycles.